The topological polar surface area (TPSA) is 55.8 Å². The Bertz CT molecular complexity index is 710. The van der Waals surface area contributed by atoms with Crippen molar-refractivity contribution in [2.24, 2.45) is 0 Å². The van der Waals surface area contributed by atoms with Gasteiger partial charge in [-0.05, 0) is 49.6 Å². The molecule has 5 heteroatoms. The molecular weight excluding hydrogens is 338 g/mol. The summed E-state index contributed by atoms with van der Waals surface area (Å²) in [6, 6.07) is 17.9. The molecule has 0 unspecified atom stereocenters. The molecule has 3 rings (SSSR count). The van der Waals surface area contributed by atoms with Crippen LogP contribution in [-0.2, 0) is 11.2 Å². The molecule has 1 aliphatic heterocycles. The third-order valence-corrected chi connectivity index (χ3v) is 5.07. The number of nitrogens with zero attached hydrogens (tertiary/aromatic N) is 2. The molecule has 0 spiro atoms. The molecule has 1 amide bonds. The number of piperazine rings is 1. The van der Waals surface area contributed by atoms with Crippen molar-refractivity contribution in [1.82, 2.24) is 10.2 Å². The Labute approximate surface area is 161 Å². The lowest BCUT2D eigenvalue weighted by Crippen LogP contribution is -2.50. The number of benzene rings is 2. The van der Waals surface area contributed by atoms with Gasteiger partial charge >= 0.3 is 0 Å². The Morgan fingerprint density at radius 2 is 1.70 bits per heavy atom. The molecule has 27 heavy (non-hydrogen) atoms. The second-order valence-corrected chi connectivity index (χ2v) is 7.27. The van der Waals surface area contributed by atoms with Gasteiger partial charge in [-0.15, -0.1) is 0 Å². The average molecular weight is 367 g/mol. The van der Waals surface area contributed by atoms with E-state index in [1.54, 1.807) is 12.1 Å². The third kappa shape index (κ3) is 6.00. The normalized spacial score (nSPS) is 16.1. The van der Waals surface area contributed by atoms with Crippen LogP contribution in [0.25, 0.3) is 0 Å². The van der Waals surface area contributed by atoms with Crippen LogP contribution in [0.15, 0.2) is 54.6 Å². The minimum absolute atomic E-state index is 0.105. The van der Waals surface area contributed by atoms with E-state index in [0.29, 0.717) is 6.54 Å². The Morgan fingerprint density at radius 3 is 2.37 bits per heavy atom. The zero-order valence-corrected chi connectivity index (χ0v) is 16.0. The largest absolute Gasteiger partial charge is 0.508 e. The van der Waals surface area contributed by atoms with E-state index in [2.05, 4.69) is 46.3 Å². The molecule has 0 saturated carbocycles. The maximum Gasteiger partial charge on any atom is 0.234 e. The Hall–Kier alpha value is -2.53. The first-order valence-electron chi connectivity index (χ1n) is 9.70. The average Bonchev–Trinajstić information content (AvgIpc) is 2.68. The lowest BCUT2D eigenvalue weighted by molar-refractivity contribution is -0.122. The van der Waals surface area contributed by atoms with E-state index in [9.17, 15) is 9.90 Å². The van der Waals surface area contributed by atoms with E-state index >= 15 is 0 Å². The number of phenols is 1. The molecule has 0 aromatic heterocycles. The quantitative estimate of drug-likeness (QED) is 0.790. The van der Waals surface area contributed by atoms with Crippen molar-refractivity contribution in [3.8, 4) is 5.75 Å². The molecule has 1 aliphatic rings. The summed E-state index contributed by atoms with van der Waals surface area (Å²) in [6.07, 6.45) is 1.93. The number of phenolic OH excluding ortho intramolecular Hbond substituents is 1. The van der Waals surface area contributed by atoms with Gasteiger partial charge in [0.05, 0.1) is 6.54 Å². The van der Waals surface area contributed by atoms with Crippen molar-refractivity contribution >= 4 is 11.6 Å². The highest BCUT2D eigenvalue weighted by molar-refractivity contribution is 5.78. The number of anilines is 1. The summed E-state index contributed by atoms with van der Waals surface area (Å²) in [7, 11) is 0. The molecule has 0 bridgehead atoms. The molecule has 1 atom stereocenters. The van der Waals surface area contributed by atoms with Gasteiger partial charge in [0.15, 0.2) is 0 Å². The van der Waals surface area contributed by atoms with Crippen LogP contribution >= 0.6 is 0 Å². The number of aromatic hydroxyl groups is 1. The number of hydrogen-bond donors (Lipinski definition) is 2. The van der Waals surface area contributed by atoms with Gasteiger partial charge in [0, 0.05) is 37.9 Å². The van der Waals surface area contributed by atoms with Gasteiger partial charge in [0.2, 0.25) is 5.91 Å². The number of rotatable bonds is 7. The summed E-state index contributed by atoms with van der Waals surface area (Å²) < 4.78 is 0. The molecule has 144 valence electrons. The monoisotopic (exact) mass is 367 g/mol. The maximum atomic E-state index is 12.3. The maximum absolute atomic E-state index is 12.3. The zero-order valence-electron chi connectivity index (χ0n) is 16.0. The van der Waals surface area contributed by atoms with Crippen LogP contribution < -0.4 is 10.2 Å². The minimum Gasteiger partial charge on any atom is -0.508 e. The number of carbonyl (C=O) groups excluding carboxylic acids is 1. The smallest absolute Gasteiger partial charge is 0.234 e. The van der Waals surface area contributed by atoms with Gasteiger partial charge in [-0.25, -0.2) is 0 Å². The highest BCUT2D eigenvalue weighted by atomic mass is 16.3. The van der Waals surface area contributed by atoms with Crippen LogP contribution in [0.1, 0.15) is 18.9 Å². The van der Waals surface area contributed by atoms with E-state index in [1.165, 1.54) is 5.56 Å². The minimum atomic E-state index is 0.105. The van der Waals surface area contributed by atoms with Gasteiger partial charge in [-0.1, -0.05) is 30.3 Å². The van der Waals surface area contributed by atoms with E-state index in [4.69, 9.17) is 0 Å². The van der Waals surface area contributed by atoms with Crippen molar-refractivity contribution in [1.29, 1.82) is 0 Å². The first-order valence-corrected chi connectivity index (χ1v) is 9.70. The van der Waals surface area contributed by atoms with Gasteiger partial charge in [-0.3, -0.25) is 9.69 Å². The van der Waals surface area contributed by atoms with Gasteiger partial charge < -0.3 is 15.3 Å². The van der Waals surface area contributed by atoms with Crippen molar-refractivity contribution < 1.29 is 9.90 Å². The van der Waals surface area contributed by atoms with Crippen molar-refractivity contribution in [2.45, 2.75) is 25.8 Å². The second-order valence-electron chi connectivity index (χ2n) is 7.27. The molecule has 1 saturated heterocycles. The Balaban J connectivity index is 1.37. The van der Waals surface area contributed by atoms with Crippen molar-refractivity contribution in [2.75, 3.05) is 37.6 Å². The molecule has 1 fully saturated rings. The van der Waals surface area contributed by atoms with Gasteiger partial charge in [0.1, 0.15) is 5.75 Å². The lowest BCUT2D eigenvalue weighted by atomic mass is 10.1. The van der Waals surface area contributed by atoms with Crippen molar-refractivity contribution in [3.05, 3.63) is 60.2 Å². The van der Waals surface area contributed by atoms with Crippen LogP contribution in [0, 0.1) is 0 Å². The first kappa shape index (κ1) is 19.2. The number of carbonyl (C=O) groups is 1. The summed E-state index contributed by atoms with van der Waals surface area (Å²) >= 11 is 0. The van der Waals surface area contributed by atoms with Gasteiger partial charge in [0.25, 0.3) is 0 Å². The predicted molar refractivity (Wildman–Crippen MR) is 109 cm³/mol. The molecule has 2 aromatic carbocycles. The fourth-order valence-corrected chi connectivity index (χ4v) is 3.45. The second kappa shape index (κ2) is 9.42. The molecule has 1 heterocycles. The first-order chi connectivity index (χ1) is 13.1. The summed E-state index contributed by atoms with van der Waals surface area (Å²) in [5, 5.41) is 12.5. The molecule has 5 nitrogen and oxygen atoms in total. The fraction of sp³-hybridized carbons (Fsp3) is 0.409. The third-order valence-electron chi connectivity index (χ3n) is 5.07. The number of aryl methyl sites for hydroxylation is 1. The number of hydrogen-bond acceptors (Lipinski definition) is 4. The summed E-state index contributed by atoms with van der Waals surface area (Å²) in [5.41, 5.74) is 2.43. The predicted octanol–water partition coefficient (Wildman–Crippen LogP) is 2.65. The van der Waals surface area contributed by atoms with E-state index in [0.717, 1.165) is 44.7 Å². The Kier molecular flexibility index (Phi) is 6.71. The summed E-state index contributed by atoms with van der Waals surface area (Å²) in [6.45, 7) is 6.05. The number of nitrogens with one attached hydrogen (secondary N) is 1. The van der Waals surface area contributed by atoms with Crippen LogP contribution in [-0.4, -0.2) is 54.7 Å². The van der Waals surface area contributed by atoms with Gasteiger partial charge in [-0.2, -0.15) is 0 Å². The van der Waals surface area contributed by atoms with E-state index < -0.39 is 0 Å². The molecule has 0 radical (unpaired) electrons. The van der Waals surface area contributed by atoms with E-state index in [-0.39, 0.29) is 17.7 Å². The van der Waals surface area contributed by atoms with Crippen LogP contribution in [0.3, 0.4) is 0 Å². The number of amides is 1. The summed E-state index contributed by atoms with van der Waals surface area (Å²) in [4.78, 5) is 16.8. The van der Waals surface area contributed by atoms with Crippen LogP contribution in [0.4, 0.5) is 5.69 Å². The fourth-order valence-electron chi connectivity index (χ4n) is 3.45. The van der Waals surface area contributed by atoms with Crippen molar-refractivity contribution in [3.63, 3.8) is 0 Å². The lowest BCUT2D eigenvalue weighted by Gasteiger charge is -2.35. The molecular formula is C22H29N3O2. The van der Waals surface area contributed by atoms with Crippen LogP contribution in [0.5, 0.6) is 5.75 Å². The highest BCUT2D eigenvalue weighted by Gasteiger charge is 2.19. The highest BCUT2D eigenvalue weighted by Crippen LogP contribution is 2.19. The standard InChI is InChI=1S/C22H29N3O2/c1-18(7-8-19-5-3-2-4-6-19)23-22(27)17-24-13-15-25(16-14-24)20-9-11-21(26)12-10-20/h2-6,9-12,18,26H,7-8,13-17H2,1H3,(H,23,27)/t18-/m1/s1. The molecule has 2 aromatic rings. The van der Waals surface area contributed by atoms with E-state index in [1.807, 2.05) is 18.2 Å². The summed E-state index contributed by atoms with van der Waals surface area (Å²) in [5.74, 6) is 0.393. The molecule has 0 aliphatic carbocycles. The zero-order chi connectivity index (χ0) is 19.1. The molecule has 2 N–H and O–H groups in total. The Morgan fingerprint density at radius 1 is 1.04 bits per heavy atom. The van der Waals surface area contributed by atoms with Crippen LogP contribution in [0.2, 0.25) is 0 Å². The SMILES string of the molecule is C[C@H](CCc1ccccc1)NC(=O)CN1CCN(c2ccc(O)cc2)CC1.